The average molecular weight is 397 g/mol. The van der Waals surface area contributed by atoms with Crippen molar-refractivity contribution in [3.63, 3.8) is 0 Å². The molecule has 0 aliphatic heterocycles. The molecule has 1 amide bonds. The molecular weight excluding hydrogens is 374 g/mol. The fraction of sp³-hybridized carbons (Fsp3) is 0.273. The Bertz CT molecular complexity index is 1040. The van der Waals surface area contributed by atoms with Gasteiger partial charge in [-0.15, -0.1) is 0 Å². The summed E-state index contributed by atoms with van der Waals surface area (Å²) in [5.41, 5.74) is 2.79. The van der Waals surface area contributed by atoms with Gasteiger partial charge in [0.15, 0.2) is 6.10 Å². The number of ether oxygens (including phenoxy) is 3. The standard InChI is InChI=1S/C22H23NO6/c1-13-5-8-19(27-4)18(9-13)23-22(25)14(2)29-21(24)10-15-12-28-20-11-16(26-3)6-7-17(15)20/h5-9,11-12,14H,10H2,1-4H3,(H,23,25). The topological polar surface area (TPSA) is 87.0 Å². The second-order valence-corrected chi connectivity index (χ2v) is 6.62. The fourth-order valence-corrected chi connectivity index (χ4v) is 2.93. The average Bonchev–Trinajstić information content (AvgIpc) is 3.09. The van der Waals surface area contributed by atoms with Gasteiger partial charge in [-0.1, -0.05) is 6.07 Å². The van der Waals surface area contributed by atoms with E-state index < -0.39 is 18.0 Å². The van der Waals surface area contributed by atoms with Gasteiger partial charge in [0.05, 0.1) is 32.6 Å². The third-order valence-corrected chi connectivity index (χ3v) is 4.49. The Hall–Kier alpha value is -3.48. The lowest BCUT2D eigenvalue weighted by molar-refractivity contribution is -0.152. The van der Waals surface area contributed by atoms with Gasteiger partial charge in [0.2, 0.25) is 0 Å². The van der Waals surface area contributed by atoms with Crippen molar-refractivity contribution in [3.8, 4) is 11.5 Å². The van der Waals surface area contributed by atoms with Crippen molar-refractivity contribution in [2.75, 3.05) is 19.5 Å². The summed E-state index contributed by atoms with van der Waals surface area (Å²) in [5, 5.41) is 3.53. The first-order valence-corrected chi connectivity index (χ1v) is 9.10. The minimum atomic E-state index is -0.967. The minimum Gasteiger partial charge on any atom is -0.497 e. The van der Waals surface area contributed by atoms with E-state index in [0.717, 1.165) is 10.9 Å². The van der Waals surface area contributed by atoms with Crippen molar-refractivity contribution in [3.05, 3.63) is 53.8 Å². The smallest absolute Gasteiger partial charge is 0.311 e. The molecule has 1 atom stereocenters. The van der Waals surface area contributed by atoms with E-state index in [9.17, 15) is 9.59 Å². The molecule has 0 saturated carbocycles. The van der Waals surface area contributed by atoms with Gasteiger partial charge in [0.1, 0.15) is 17.1 Å². The molecule has 0 fully saturated rings. The van der Waals surface area contributed by atoms with E-state index in [-0.39, 0.29) is 6.42 Å². The Morgan fingerprint density at radius 2 is 1.90 bits per heavy atom. The quantitative estimate of drug-likeness (QED) is 0.609. The molecule has 3 aromatic rings. The van der Waals surface area contributed by atoms with Gasteiger partial charge in [-0.25, -0.2) is 0 Å². The van der Waals surface area contributed by atoms with Crippen LogP contribution in [0.3, 0.4) is 0 Å². The molecule has 29 heavy (non-hydrogen) atoms. The Morgan fingerprint density at radius 3 is 2.62 bits per heavy atom. The van der Waals surface area contributed by atoms with E-state index in [2.05, 4.69) is 5.32 Å². The second-order valence-electron chi connectivity index (χ2n) is 6.62. The first-order chi connectivity index (χ1) is 13.9. The predicted octanol–water partition coefficient (Wildman–Crippen LogP) is 3.87. The van der Waals surface area contributed by atoms with Crippen LogP contribution < -0.4 is 14.8 Å². The lowest BCUT2D eigenvalue weighted by Crippen LogP contribution is -2.30. The number of anilines is 1. The largest absolute Gasteiger partial charge is 0.497 e. The number of hydrogen-bond donors (Lipinski definition) is 1. The number of esters is 1. The molecule has 0 aliphatic carbocycles. The molecular formula is C22H23NO6. The molecule has 1 unspecified atom stereocenters. The van der Waals surface area contributed by atoms with Gasteiger partial charge in [-0.2, -0.15) is 0 Å². The highest BCUT2D eigenvalue weighted by Crippen LogP contribution is 2.27. The highest BCUT2D eigenvalue weighted by atomic mass is 16.5. The van der Waals surface area contributed by atoms with Crippen molar-refractivity contribution in [1.29, 1.82) is 0 Å². The summed E-state index contributed by atoms with van der Waals surface area (Å²) in [6, 6.07) is 10.8. The molecule has 0 spiro atoms. The Morgan fingerprint density at radius 1 is 1.10 bits per heavy atom. The van der Waals surface area contributed by atoms with Gasteiger partial charge >= 0.3 is 5.97 Å². The van der Waals surface area contributed by atoms with E-state index in [4.69, 9.17) is 18.6 Å². The summed E-state index contributed by atoms with van der Waals surface area (Å²) in [6.45, 7) is 3.43. The van der Waals surface area contributed by atoms with Gasteiger partial charge in [-0.3, -0.25) is 9.59 Å². The van der Waals surface area contributed by atoms with Crippen LogP contribution in [0, 0.1) is 6.92 Å². The van der Waals surface area contributed by atoms with Crippen LogP contribution in [0.2, 0.25) is 0 Å². The zero-order valence-corrected chi connectivity index (χ0v) is 16.8. The highest BCUT2D eigenvalue weighted by molar-refractivity contribution is 5.96. The summed E-state index contributed by atoms with van der Waals surface area (Å²) in [7, 11) is 3.09. The zero-order chi connectivity index (χ0) is 21.0. The summed E-state index contributed by atoms with van der Waals surface area (Å²) < 4.78 is 21.2. The number of rotatable bonds is 7. The van der Waals surface area contributed by atoms with E-state index in [1.807, 2.05) is 19.1 Å². The number of furan rings is 1. The Labute approximate surface area is 168 Å². The van der Waals surface area contributed by atoms with Crippen molar-refractivity contribution >= 4 is 28.5 Å². The Kier molecular flexibility index (Phi) is 6.07. The number of carbonyl (C=O) groups is 2. The molecule has 3 rings (SSSR count). The maximum Gasteiger partial charge on any atom is 0.311 e. The fourth-order valence-electron chi connectivity index (χ4n) is 2.93. The van der Waals surface area contributed by atoms with E-state index in [0.29, 0.717) is 28.3 Å². The third kappa shape index (κ3) is 4.68. The third-order valence-electron chi connectivity index (χ3n) is 4.49. The van der Waals surface area contributed by atoms with Crippen LogP contribution in [0.1, 0.15) is 18.1 Å². The zero-order valence-electron chi connectivity index (χ0n) is 16.8. The summed E-state index contributed by atoms with van der Waals surface area (Å²) in [5.74, 6) is 0.229. The summed E-state index contributed by atoms with van der Waals surface area (Å²) >= 11 is 0. The highest BCUT2D eigenvalue weighted by Gasteiger charge is 2.20. The molecule has 1 N–H and O–H groups in total. The molecule has 0 radical (unpaired) electrons. The van der Waals surface area contributed by atoms with Gasteiger partial charge < -0.3 is 23.9 Å². The number of carbonyl (C=O) groups excluding carboxylic acids is 2. The molecule has 1 aromatic heterocycles. The lowest BCUT2D eigenvalue weighted by atomic mass is 10.1. The van der Waals surface area contributed by atoms with Crippen LogP contribution in [0.25, 0.3) is 11.0 Å². The minimum absolute atomic E-state index is 0.00921. The maximum atomic E-state index is 12.4. The van der Waals surface area contributed by atoms with Crippen molar-refractivity contribution in [2.45, 2.75) is 26.4 Å². The summed E-state index contributed by atoms with van der Waals surface area (Å²) in [4.78, 5) is 24.8. The van der Waals surface area contributed by atoms with Gasteiger partial charge in [0, 0.05) is 17.0 Å². The van der Waals surface area contributed by atoms with Crippen molar-refractivity contribution < 1.29 is 28.2 Å². The number of benzene rings is 2. The molecule has 2 aromatic carbocycles. The number of hydrogen-bond acceptors (Lipinski definition) is 6. The molecule has 1 heterocycles. The maximum absolute atomic E-state index is 12.4. The lowest BCUT2D eigenvalue weighted by Gasteiger charge is -2.15. The predicted molar refractivity (Wildman–Crippen MR) is 108 cm³/mol. The first kappa shape index (κ1) is 20.3. The number of fused-ring (bicyclic) bond motifs is 1. The second kappa shape index (κ2) is 8.68. The Balaban J connectivity index is 1.63. The normalized spacial score (nSPS) is 11.7. The van der Waals surface area contributed by atoms with E-state index >= 15 is 0 Å². The number of nitrogens with one attached hydrogen (secondary N) is 1. The van der Waals surface area contributed by atoms with E-state index in [1.54, 1.807) is 31.4 Å². The SMILES string of the molecule is COc1ccc2c(CC(=O)OC(C)C(=O)Nc3cc(C)ccc3OC)coc2c1. The molecule has 7 nitrogen and oxygen atoms in total. The van der Waals surface area contributed by atoms with Crippen LogP contribution in [0.15, 0.2) is 47.1 Å². The van der Waals surface area contributed by atoms with Crippen LogP contribution in [-0.2, 0) is 20.7 Å². The van der Waals surface area contributed by atoms with Crippen molar-refractivity contribution in [1.82, 2.24) is 0 Å². The van der Waals surface area contributed by atoms with Crippen LogP contribution >= 0.6 is 0 Å². The van der Waals surface area contributed by atoms with Crippen LogP contribution in [-0.4, -0.2) is 32.2 Å². The number of amides is 1. The van der Waals surface area contributed by atoms with Crippen molar-refractivity contribution in [2.24, 2.45) is 0 Å². The molecule has 152 valence electrons. The van der Waals surface area contributed by atoms with E-state index in [1.165, 1.54) is 20.3 Å². The number of aryl methyl sites for hydroxylation is 1. The molecule has 7 heteroatoms. The van der Waals surface area contributed by atoms with Gasteiger partial charge in [0.25, 0.3) is 5.91 Å². The molecule has 0 bridgehead atoms. The van der Waals surface area contributed by atoms with Crippen LogP contribution in [0.5, 0.6) is 11.5 Å². The van der Waals surface area contributed by atoms with Crippen LogP contribution in [0.4, 0.5) is 5.69 Å². The first-order valence-electron chi connectivity index (χ1n) is 9.10. The summed E-state index contributed by atoms with van der Waals surface area (Å²) in [6.07, 6.45) is 0.532. The number of methoxy groups -OCH3 is 2. The monoisotopic (exact) mass is 397 g/mol. The molecule has 0 aliphatic rings. The molecule has 0 saturated heterocycles. The van der Waals surface area contributed by atoms with Gasteiger partial charge in [-0.05, 0) is 43.7 Å².